The summed E-state index contributed by atoms with van der Waals surface area (Å²) in [7, 11) is 6.09. The fraction of sp³-hybridized carbons (Fsp3) is 0.889. The molecule has 0 spiro atoms. The zero-order valence-electron chi connectivity index (χ0n) is 8.28. The quantitative estimate of drug-likeness (QED) is 0.562. The summed E-state index contributed by atoms with van der Waals surface area (Å²) in [5.41, 5.74) is 0. The zero-order valence-corrected chi connectivity index (χ0v) is 8.28. The van der Waals surface area contributed by atoms with Crippen LogP contribution in [0.4, 0.5) is 0 Å². The summed E-state index contributed by atoms with van der Waals surface area (Å²) in [6.45, 7) is 0. The molecule has 3 nitrogen and oxygen atoms in total. The first kappa shape index (κ1) is 9.96. The van der Waals surface area contributed by atoms with E-state index in [2.05, 4.69) is 16.0 Å². The Morgan fingerprint density at radius 1 is 1.08 bits per heavy atom. The van der Waals surface area contributed by atoms with Crippen LogP contribution >= 0.6 is 0 Å². The minimum atomic E-state index is 0.589. The van der Waals surface area contributed by atoms with Crippen LogP contribution in [0.3, 0.4) is 0 Å². The highest BCUT2D eigenvalue weighted by atomic mass is 15.0. The van der Waals surface area contributed by atoms with Crippen LogP contribution in [0.5, 0.6) is 0 Å². The second-order valence-electron chi connectivity index (χ2n) is 3.39. The molecule has 0 aromatic carbocycles. The van der Waals surface area contributed by atoms with Gasteiger partial charge in [0, 0.05) is 18.1 Å². The van der Waals surface area contributed by atoms with Crippen LogP contribution in [0.25, 0.3) is 0 Å². The Morgan fingerprint density at radius 2 is 1.75 bits per heavy atom. The molecule has 0 aromatic rings. The van der Waals surface area contributed by atoms with Crippen LogP contribution in [0, 0.1) is 6.04 Å². The van der Waals surface area contributed by atoms with E-state index in [-0.39, 0.29) is 0 Å². The lowest BCUT2D eigenvalue weighted by Gasteiger charge is -2.35. The first-order valence-electron chi connectivity index (χ1n) is 4.68. The smallest absolute Gasteiger partial charge is 0.0378 e. The maximum atomic E-state index is 3.35. The van der Waals surface area contributed by atoms with Crippen molar-refractivity contribution in [3.05, 3.63) is 6.04 Å². The molecule has 71 valence electrons. The number of nitrogens with one attached hydrogen (secondary N) is 3. The molecular formula is C9H20N3. The summed E-state index contributed by atoms with van der Waals surface area (Å²) < 4.78 is 0. The summed E-state index contributed by atoms with van der Waals surface area (Å²) in [5, 5.41) is 9.95. The monoisotopic (exact) mass is 170 g/mol. The lowest BCUT2D eigenvalue weighted by molar-refractivity contribution is 0.313. The van der Waals surface area contributed by atoms with Gasteiger partial charge in [-0.3, -0.25) is 0 Å². The average molecular weight is 170 g/mol. The standard InChI is InChI=1S/C9H20N3/c1-10-7-4-5-8(11-2)9(6-7)12-3/h8-12H,4-6H2,1-3H3. The molecule has 1 fully saturated rings. The summed E-state index contributed by atoms with van der Waals surface area (Å²) >= 11 is 0. The SMILES string of the molecule is CN[C]1CCC(NC)C(NC)C1. The summed E-state index contributed by atoms with van der Waals surface area (Å²) in [6, 6.07) is 2.69. The van der Waals surface area contributed by atoms with E-state index in [1.807, 2.05) is 21.1 Å². The van der Waals surface area contributed by atoms with Crippen molar-refractivity contribution >= 4 is 0 Å². The van der Waals surface area contributed by atoms with Gasteiger partial charge in [-0.15, -0.1) is 0 Å². The van der Waals surface area contributed by atoms with E-state index in [1.165, 1.54) is 18.9 Å². The molecule has 2 unspecified atom stereocenters. The summed E-state index contributed by atoms with van der Waals surface area (Å²) in [4.78, 5) is 0. The van der Waals surface area contributed by atoms with Gasteiger partial charge < -0.3 is 16.0 Å². The molecular weight excluding hydrogens is 150 g/mol. The molecule has 0 aromatic heterocycles. The molecule has 1 aliphatic carbocycles. The van der Waals surface area contributed by atoms with Crippen molar-refractivity contribution in [3.8, 4) is 0 Å². The van der Waals surface area contributed by atoms with Crippen LogP contribution in [0.1, 0.15) is 19.3 Å². The predicted octanol–water partition coefficient (Wildman–Crippen LogP) is 0.0977. The Bertz CT molecular complexity index is 127. The van der Waals surface area contributed by atoms with E-state index in [4.69, 9.17) is 0 Å². The van der Waals surface area contributed by atoms with Gasteiger partial charge in [0.2, 0.25) is 0 Å². The molecule has 3 N–H and O–H groups in total. The maximum Gasteiger partial charge on any atom is 0.0378 e. The number of hydrogen-bond acceptors (Lipinski definition) is 3. The lowest BCUT2D eigenvalue weighted by Crippen LogP contribution is -2.50. The van der Waals surface area contributed by atoms with E-state index in [0.717, 1.165) is 6.42 Å². The van der Waals surface area contributed by atoms with Gasteiger partial charge in [-0.1, -0.05) is 0 Å². The van der Waals surface area contributed by atoms with E-state index in [0.29, 0.717) is 12.1 Å². The van der Waals surface area contributed by atoms with Crippen LogP contribution in [0.15, 0.2) is 0 Å². The molecule has 12 heavy (non-hydrogen) atoms. The van der Waals surface area contributed by atoms with Gasteiger partial charge in [-0.05, 0) is 40.4 Å². The highest BCUT2D eigenvalue weighted by molar-refractivity contribution is 5.00. The van der Waals surface area contributed by atoms with E-state index < -0.39 is 0 Å². The molecule has 3 heteroatoms. The second-order valence-corrected chi connectivity index (χ2v) is 3.39. The van der Waals surface area contributed by atoms with Crippen molar-refractivity contribution < 1.29 is 0 Å². The Morgan fingerprint density at radius 3 is 2.25 bits per heavy atom. The molecule has 0 heterocycles. The van der Waals surface area contributed by atoms with E-state index >= 15 is 0 Å². The maximum absolute atomic E-state index is 3.35. The molecule has 0 bridgehead atoms. The van der Waals surface area contributed by atoms with Crippen LogP contribution < -0.4 is 16.0 Å². The Kier molecular flexibility index (Phi) is 3.98. The van der Waals surface area contributed by atoms with Crippen molar-refractivity contribution in [1.29, 1.82) is 0 Å². The predicted molar refractivity (Wildman–Crippen MR) is 51.8 cm³/mol. The molecule has 1 rings (SSSR count). The Hall–Kier alpha value is -0.120. The van der Waals surface area contributed by atoms with E-state index in [1.54, 1.807) is 0 Å². The zero-order chi connectivity index (χ0) is 8.97. The lowest BCUT2D eigenvalue weighted by atomic mass is 9.87. The Labute approximate surface area is 75.3 Å². The van der Waals surface area contributed by atoms with Gasteiger partial charge in [0.05, 0.1) is 0 Å². The summed E-state index contributed by atoms with van der Waals surface area (Å²) in [5.74, 6) is 0. The third kappa shape index (κ3) is 2.19. The molecule has 1 radical (unpaired) electrons. The fourth-order valence-corrected chi connectivity index (χ4v) is 1.92. The van der Waals surface area contributed by atoms with Crippen molar-refractivity contribution in [3.63, 3.8) is 0 Å². The number of likely N-dealkylation sites (N-methyl/N-ethyl adjacent to an activating group) is 2. The Balaban J connectivity index is 2.41. The molecule has 0 aliphatic heterocycles. The highest BCUT2D eigenvalue weighted by Crippen LogP contribution is 2.23. The van der Waals surface area contributed by atoms with Crippen LogP contribution in [-0.4, -0.2) is 33.2 Å². The first-order chi connectivity index (χ1) is 5.81. The van der Waals surface area contributed by atoms with Gasteiger partial charge in [0.1, 0.15) is 0 Å². The first-order valence-corrected chi connectivity index (χ1v) is 4.68. The van der Waals surface area contributed by atoms with Gasteiger partial charge in [0.15, 0.2) is 0 Å². The van der Waals surface area contributed by atoms with E-state index in [9.17, 15) is 0 Å². The average Bonchev–Trinajstić information content (AvgIpc) is 2.16. The molecule has 0 saturated heterocycles. The third-order valence-electron chi connectivity index (χ3n) is 2.80. The van der Waals surface area contributed by atoms with Crippen LogP contribution in [-0.2, 0) is 0 Å². The highest BCUT2D eigenvalue weighted by Gasteiger charge is 2.27. The molecule has 1 aliphatic rings. The van der Waals surface area contributed by atoms with Gasteiger partial charge in [-0.2, -0.15) is 0 Å². The fourth-order valence-electron chi connectivity index (χ4n) is 1.92. The topological polar surface area (TPSA) is 36.1 Å². The largest absolute Gasteiger partial charge is 0.315 e. The number of hydrogen-bond donors (Lipinski definition) is 3. The van der Waals surface area contributed by atoms with Crippen molar-refractivity contribution in [1.82, 2.24) is 16.0 Å². The molecule has 2 atom stereocenters. The summed E-state index contributed by atoms with van der Waals surface area (Å²) in [6.07, 6.45) is 3.59. The number of rotatable bonds is 3. The normalized spacial score (nSPS) is 32.2. The van der Waals surface area contributed by atoms with Gasteiger partial charge in [-0.25, -0.2) is 0 Å². The van der Waals surface area contributed by atoms with Crippen molar-refractivity contribution in [2.45, 2.75) is 31.3 Å². The molecule has 0 amide bonds. The van der Waals surface area contributed by atoms with Crippen molar-refractivity contribution in [2.75, 3.05) is 21.1 Å². The van der Waals surface area contributed by atoms with Crippen molar-refractivity contribution in [2.24, 2.45) is 0 Å². The van der Waals surface area contributed by atoms with Gasteiger partial charge in [0.25, 0.3) is 0 Å². The minimum absolute atomic E-state index is 0.589. The third-order valence-corrected chi connectivity index (χ3v) is 2.80. The molecule has 1 saturated carbocycles. The van der Waals surface area contributed by atoms with Crippen LogP contribution in [0.2, 0.25) is 0 Å². The van der Waals surface area contributed by atoms with Gasteiger partial charge >= 0.3 is 0 Å². The minimum Gasteiger partial charge on any atom is -0.315 e. The second kappa shape index (κ2) is 4.80.